The summed E-state index contributed by atoms with van der Waals surface area (Å²) in [6.45, 7) is 4.39. The fraction of sp³-hybridized carbons (Fsp3) is 0.333. The lowest BCUT2D eigenvalue weighted by atomic mass is 10.0. The lowest BCUT2D eigenvalue weighted by molar-refractivity contribution is -0.136. The number of amides is 2. The van der Waals surface area contributed by atoms with Crippen molar-refractivity contribution in [2.75, 3.05) is 33.9 Å². The number of hydrogen-bond acceptors (Lipinski definition) is 7. The van der Waals surface area contributed by atoms with E-state index in [2.05, 4.69) is 32.6 Å². The van der Waals surface area contributed by atoms with Crippen LogP contribution in [0.3, 0.4) is 0 Å². The van der Waals surface area contributed by atoms with Crippen LogP contribution in [0.1, 0.15) is 41.6 Å². The Morgan fingerprint density at radius 3 is 2.51 bits per heavy atom. The molecule has 37 heavy (non-hydrogen) atoms. The van der Waals surface area contributed by atoms with Gasteiger partial charge in [-0.25, -0.2) is 0 Å². The van der Waals surface area contributed by atoms with E-state index in [0.717, 1.165) is 22.9 Å². The van der Waals surface area contributed by atoms with Gasteiger partial charge in [0.15, 0.2) is 0 Å². The van der Waals surface area contributed by atoms with Crippen LogP contribution in [-0.4, -0.2) is 65.6 Å². The zero-order chi connectivity index (χ0) is 26.4. The number of carbonyl (C=O) groups is 2. The Labute approximate surface area is 224 Å². The summed E-state index contributed by atoms with van der Waals surface area (Å²) in [6.07, 6.45) is 4.09. The standard InChI is InChI=1S/C27H29BrN4O5/c1-4-12-31(27(34)19-14-21(35-2)16-22(15-19)36-3)17-24(33)32-13-6-5-7-23(32)26-29-25(30-37-26)18-8-10-20(28)11-9-18/h4,8-11,14-16,23H,1,5-7,12-13,17H2,2-3H3. The van der Waals surface area contributed by atoms with Gasteiger partial charge in [0, 0.05) is 34.8 Å². The molecule has 0 saturated carbocycles. The van der Waals surface area contributed by atoms with E-state index in [9.17, 15) is 9.59 Å². The Balaban J connectivity index is 1.53. The lowest BCUT2D eigenvalue weighted by Gasteiger charge is -2.35. The number of benzene rings is 2. The minimum atomic E-state index is -0.351. The normalized spacial score (nSPS) is 15.2. The number of nitrogens with zero attached hydrogens (tertiary/aromatic N) is 4. The molecule has 3 aromatic rings. The molecule has 1 saturated heterocycles. The molecule has 194 valence electrons. The van der Waals surface area contributed by atoms with Crippen molar-refractivity contribution in [3.63, 3.8) is 0 Å². The molecule has 1 aromatic heterocycles. The Morgan fingerprint density at radius 2 is 1.86 bits per heavy atom. The van der Waals surface area contributed by atoms with Crippen LogP contribution in [0.15, 0.2) is 64.1 Å². The summed E-state index contributed by atoms with van der Waals surface area (Å²) in [5.41, 5.74) is 1.18. The Morgan fingerprint density at radius 1 is 1.16 bits per heavy atom. The number of methoxy groups -OCH3 is 2. The SMILES string of the molecule is C=CCN(CC(=O)N1CCCCC1c1nc(-c2ccc(Br)cc2)no1)C(=O)c1cc(OC)cc(OC)c1. The van der Waals surface area contributed by atoms with Crippen molar-refractivity contribution in [1.82, 2.24) is 19.9 Å². The number of hydrogen-bond donors (Lipinski definition) is 0. The summed E-state index contributed by atoms with van der Waals surface area (Å²) in [7, 11) is 3.04. The second kappa shape index (κ2) is 12.1. The minimum absolute atomic E-state index is 0.116. The fourth-order valence-electron chi connectivity index (χ4n) is 4.32. The van der Waals surface area contributed by atoms with E-state index in [4.69, 9.17) is 14.0 Å². The van der Waals surface area contributed by atoms with Crippen LogP contribution in [0.2, 0.25) is 0 Å². The average Bonchev–Trinajstić information content (AvgIpc) is 3.42. The van der Waals surface area contributed by atoms with Crippen LogP contribution in [0.5, 0.6) is 11.5 Å². The maximum atomic E-state index is 13.5. The van der Waals surface area contributed by atoms with Gasteiger partial charge in [-0.05, 0) is 55.7 Å². The molecular weight excluding hydrogens is 540 g/mol. The van der Waals surface area contributed by atoms with E-state index < -0.39 is 0 Å². The van der Waals surface area contributed by atoms with Gasteiger partial charge in [-0.3, -0.25) is 9.59 Å². The van der Waals surface area contributed by atoms with E-state index in [1.54, 1.807) is 29.2 Å². The molecule has 1 atom stereocenters. The molecule has 9 nitrogen and oxygen atoms in total. The first kappa shape index (κ1) is 26.4. The van der Waals surface area contributed by atoms with Crippen molar-refractivity contribution in [2.24, 2.45) is 0 Å². The maximum Gasteiger partial charge on any atom is 0.254 e. The number of rotatable bonds is 9. The molecule has 2 heterocycles. The van der Waals surface area contributed by atoms with Crippen LogP contribution in [-0.2, 0) is 4.79 Å². The second-order valence-corrected chi connectivity index (χ2v) is 9.55. The topological polar surface area (TPSA) is 98.0 Å². The van der Waals surface area contributed by atoms with Crippen LogP contribution in [0.4, 0.5) is 0 Å². The minimum Gasteiger partial charge on any atom is -0.497 e. The van der Waals surface area contributed by atoms with Gasteiger partial charge in [0.05, 0.1) is 14.2 Å². The molecule has 0 N–H and O–H groups in total. The summed E-state index contributed by atoms with van der Waals surface area (Å²) < 4.78 is 17.1. The van der Waals surface area contributed by atoms with Gasteiger partial charge in [-0.2, -0.15) is 4.98 Å². The van der Waals surface area contributed by atoms with Crippen molar-refractivity contribution in [3.8, 4) is 22.9 Å². The third-order valence-corrected chi connectivity index (χ3v) is 6.74. The van der Waals surface area contributed by atoms with Gasteiger partial charge in [0.1, 0.15) is 24.1 Å². The van der Waals surface area contributed by atoms with Crippen LogP contribution in [0.25, 0.3) is 11.4 Å². The molecule has 1 aliphatic heterocycles. The van der Waals surface area contributed by atoms with Crippen LogP contribution < -0.4 is 9.47 Å². The first-order chi connectivity index (χ1) is 17.9. The highest BCUT2D eigenvalue weighted by Gasteiger charge is 2.33. The highest BCUT2D eigenvalue weighted by Crippen LogP contribution is 2.32. The zero-order valence-corrected chi connectivity index (χ0v) is 22.4. The van der Waals surface area contributed by atoms with Crippen molar-refractivity contribution in [1.29, 1.82) is 0 Å². The summed E-state index contributed by atoms with van der Waals surface area (Å²) in [4.78, 5) is 34.7. The largest absolute Gasteiger partial charge is 0.497 e. The van der Waals surface area contributed by atoms with E-state index in [1.165, 1.54) is 19.1 Å². The van der Waals surface area contributed by atoms with E-state index >= 15 is 0 Å². The Bertz CT molecular complexity index is 1240. The molecule has 2 aromatic carbocycles. The fourth-order valence-corrected chi connectivity index (χ4v) is 4.58. The predicted molar refractivity (Wildman–Crippen MR) is 141 cm³/mol. The number of ether oxygens (including phenoxy) is 2. The van der Waals surface area contributed by atoms with Gasteiger partial charge < -0.3 is 23.8 Å². The van der Waals surface area contributed by atoms with Crippen LogP contribution >= 0.6 is 15.9 Å². The summed E-state index contributed by atoms with van der Waals surface area (Å²) >= 11 is 3.42. The first-order valence-electron chi connectivity index (χ1n) is 12.0. The smallest absolute Gasteiger partial charge is 0.254 e. The number of halogens is 1. The van der Waals surface area contributed by atoms with Gasteiger partial charge in [-0.15, -0.1) is 6.58 Å². The molecular formula is C27H29BrN4O5. The molecule has 0 radical (unpaired) electrons. The number of carbonyl (C=O) groups excluding carboxylic acids is 2. The van der Waals surface area contributed by atoms with Crippen molar-refractivity contribution in [3.05, 3.63) is 71.0 Å². The molecule has 10 heteroatoms. The van der Waals surface area contributed by atoms with Crippen LogP contribution in [0, 0.1) is 0 Å². The van der Waals surface area contributed by atoms with Crippen molar-refractivity contribution in [2.45, 2.75) is 25.3 Å². The Hall–Kier alpha value is -3.66. The molecule has 4 rings (SSSR count). The van der Waals surface area contributed by atoms with Crippen molar-refractivity contribution >= 4 is 27.7 Å². The van der Waals surface area contributed by atoms with E-state index in [1.807, 2.05) is 24.3 Å². The third kappa shape index (κ3) is 6.19. The van der Waals surface area contributed by atoms with E-state index in [0.29, 0.717) is 41.7 Å². The molecule has 1 fully saturated rings. The Kier molecular flexibility index (Phi) is 8.60. The van der Waals surface area contributed by atoms with Gasteiger partial charge >= 0.3 is 0 Å². The molecule has 1 unspecified atom stereocenters. The quantitative estimate of drug-likeness (QED) is 0.338. The molecule has 0 aliphatic carbocycles. The maximum absolute atomic E-state index is 13.5. The molecule has 0 spiro atoms. The summed E-state index contributed by atoms with van der Waals surface area (Å²) in [5, 5.41) is 4.14. The monoisotopic (exact) mass is 568 g/mol. The molecule has 0 bridgehead atoms. The van der Waals surface area contributed by atoms with Crippen molar-refractivity contribution < 1.29 is 23.6 Å². The first-order valence-corrected chi connectivity index (χ1v) is 12.7. The number of likely N-dealkylation sites (tertiary alicyclic amines) is 1. The van der Waals surface area contributed by atoms with Gasteiger partial charge in [-0.1, -0.05) is 27.2 Å². The highest BCUT2D eigenvalue weighted by atomic mass is 79.9. The second-order valence-electron chi connectivity index (χ2n) is 8.64. The van der Waals surface area contributed by atoms with E-state index in [-0.39, 0.29) is 30.9 Å². The third-order valence-electron chi connectivity index (χ3n) is 6.21. The van der Waals surface area contributed by atoms with Gasteiger partial charge in [0.2, 0.25) is 17.6 Å². The molecule has 1 aliphatic rings. The summed E-state index contributed by atoms with van der Waals surface area (Å²) in [5.74, 6) is 1.32. The zero-order valence-electron chi connectivity index (χ0n) is 20.9. The highest BCUT2D eigenvalue weighted by molar-refractivity contribution is 9.10. The summed E-state index contributed by atoms with van der Waals surface area (Å²) in [6, 6.07) is 12.2. The number of aromatic nitrogens is 2. The predicted octanol–water partition coefficient (Wildman–Crippen LogP) is 4.90. The lowest BCUT2D eigenvalue weighted by Crippen LogP contribution is -2.46. The van der Waals surface area contributed by atoms with Gasteiger partial charge in [0.25, 0.3) is 5.91 Å². The molecule has 2 amide bonds. The number of piperidine rings is 1. The average molecular weight is 569 g/mol.